The summed E-state index contributed by atoms with van der Waals surface area (Å²) in [4.78, 5) is 0. The third-order valence-electron chi connectivity index (χ3n) is 5.41. The lowest BCUT2D eigenvalue weighted by atomic mass is 9.79. The van der Waals surface area contributed by atoms with Gasteiger partial charge in [-0.15, -0.1) is 0 Å². The van der Waals surface area contributed by atoms with Crippen LogP contribution in [0, 0.1) is 11.3 Å². The lowest BCUT2D eigenvalue weighted by molar-refractivity contribution is 0.169. The zero-order valence-electron chi connectivity index (χ0n) is 11.7. The van der Waals surface area contributed by atoms with Gasteiger partial charge in [0.15, 0.2) is 0 Å². The van der Waals surface area contributed by atoms with Crippen LogP contribution in [0.25, 0.3) is 0 Å². The molecule has 4 atom stereocenters. The third-order valence-corrected chi connectivity index (χ3v) is 6.14. The topological polar surface area (TPSA) is 32.3 Å². The highest BCUT2D eigenvalue weighted by molar-refractivity contribution is 6.42. The van der Waals surface area contributed by atoms with Crippen LogP contribution in [0.4, 0.5) is 0 Å². The summed E-state index contributed by atoms with van der Waals surface area (Å²) < 4.78 is 0. The van der Waals surface area contributed by atoms with Crippen molar-refractivity contribution in [3.63, 3.8) is 0 Å². The van der Waals surface area contributed by atoms with Gasteiger partial charge in [0, 0.05) is 18.1 Å². The molecule has 3 rings (SSSR count). The van der Waals surface area contributed by atoms with Crippen LogP contribution in [0.3, 0.4) is 0 Å². The van der Waals surface area contributed by atoms with Crippen LogP contribution in [0.5, 0.6) is 0 Å². The van der Waals surface area contributed by atoms with E-state index in [0.29, 0.717) is 27.9 Å². The summed E-state index contributed by atoms with van der Waals surface area (Å²) in [5.41, 5.74) is 1.29. The van der Waals surface area contributed by atoms with Crippen molar-refractivity contribution in [1.29, 1.82) is 0 Å². The molecule has 2 saturated carbocycles. The van der Waals surface area contributed by atoms with Gasteiger partial charge >= 0.3 is 0 Å². The molecule has 2 fully saturated rings. The van der Waals surface area contributed by atoms with Gasteiger partial charge in [0.2, 0.25) is 0 Å². The van der Waals surface area contributed by atoms with Gasteiger partial charge in [-0.3, -0.25) is 0 Å². The molecule has 2 aliphatic rings. The molecule has 2 N–H and O–H groups in total. The molecule has 4 heteroatoms. The van der Waals surface area contributed by atoms with Crippen LogP contribution < -0.4 is 5.32 Å². The van der Waals surface area contributed by atoms with Gasteiger partial charge in [0.1, 0.15) is 0 Å². The largest absolute Gasteiger partial charge is 0.396 e. The van der Waals surface area contributed by atoms with Crippen molar-refractivity contribution in [2.24, 2.45) is 11.3 Å². The fourth-order valence-electron chi connectivity index (χ4n) is 4.02. The Morgan fingerprint density at radius 1 is 1.30 bits per heavy atom. The molecule has 0 spiro atoms. The molecule has 0 saturated heterocycles. The molecular formula is C16H21Cl2NO. The zero-order chi connectivity index (χ0) is 14.3. The van der Waals surface area contributed by atoms with Crippen molar-refractivity contribution in [3.05, 3.63) is 33.8 Å². The predicted octanol–water partition coefficient (Wildman–Crippen LogP) is 3.85. The summed E-state index contributed by atoms with van der Waals surface area (Å²) in [7, 11) is 2.03. The summed E-state index contributed by atoms with van der Waals surface area (Å²) in [6.07, 6.45) is 4.61. The van der Waals surface area contributed by atoms with Gasteiger partial charge < -0.3 is 10.4 Å². The second kappa shape index (κ2) is 5.49. The molecular weight excluding hydrogens is 293 g/mol. The van der Waals surface area contributed by atoms with E-state index in [2.05, 4.69) is 11.4 Å². The molecule has 2 nitrogen and oxygen atoms in total. The second-order valence-electron chi connectivity index (χ2n) is 6.32. The van der Waals surface area contributed by atoms with Crippen molar-refractivity contribution in [1.82, 2.24) is 5.32 Å². The molecule has 110 valence electrons. The second-order valence-corrected chi connectivity index (χ2v) is 7.13. The maximum Gasteiger partial charge on any atom is 0.0595 e. The number of nitrogens with one attached hydrogen (secondary N) is 1. The summed E-state index contributed by atoms with van der Waals surface area (Å²) in [5.74, 6) is 1.03. The van der Waals surface area contributed by atoms with E-state index in [0.717, 1.165) is 12.8 Å². The number of hydrogen-bond donors (Lipinski definition) is 2. The Balaban J connectivity index is 1.95. The van der Waals surface area contributed by atoms with E-state index in [4.69, 9.17) is 23.2 Å². The van der Waals surface area contributed by atoms with Crippen LogP contribution in [0.2, 0.25) is 10.0 Å². The van der Waals surface area contributed by atoms with E-state index in [-0.39, 0.29) is 12.0 Å². The summed E-state index contributed by atoms with van der Waals surface area (Å²) in [6, 6.07) is 6.45. The summed E-state index contributed by atoms with van der Waals surface area (Å²) in [6.45, 7) is 0.277. The lowest BCUT2D eigenvalue weighted by Gasteiger charge is -2.28. The fourth-order valence-corrected chi connectivity index (χ4v) is 4.33. The third kappa shape index (κ3) is 2.37. The highest BCUT2D eigenvalue weighted by atomic mass is 35.5. The van der Waals surface area contributed by atoms with Gasteiger partial charge in [-0.25, -0.2) is 0 Å². The Hall–Kier alpha value is -0.280. The van der Waals surface area contributed by atoms with Crippen LogP contribution >= 0.6 is 23.2 Å². The minimum Gasteiger partial charge on any atom is -0.396 e. The minimum atomic E-state index is 0.0722. The van der Waals surface area contributed by atoms with Crippen molar-refractivity contribution in [2.45, 2.75) is 37.6 Å². The smallest absolute Gasteiger partial charge is 0.0595 e. The van der Waals surface area contributed by atoms with Crippen LogP contribution in [-0.4, -0.2) is 24.8 Å². The average Bonchev–Trinajstić information content (AvgIpc) is 3.17. The first kappa shape index (κ1) is 14.6. The van der Waals surface area contributed by atoms with Crippen LogP contribution in [0.1, 0.15) is 37.2 Å². The zero-order valence-corrected chi connectivity index (χ0v) is 13.2. The van der Waals surface area contributed by atoms with Crippen LogP contribution in [0.15, 0.2) is 18.2 Å². The minimum absolute atomic E-state index is 0.0722. The first-order valence-electron chi connectivity index (χ1n) is 7.34. The van der Waals surface area contributed by atoms with Gasteiger partial charge in [-0.1, -0.05) is 29.3 Å². The maximum absolute atomic E-state index is 9.95. The first-order valence-corrected chi connectivity index (χ1v) is 8.09. The molecule has 1 aromatic carbocycles. The van der Waals surface area contributed by atoms with Crippen molar-refractivity contribution in [3.8, 4) is 0 Å². The quantitative estimate of drug-likeness (QED) is 0.888. The first-order chi connectivity index (χ1) is 9.60. The standard InChI is InChI=1S/C16H21Cl2NO/c1-19-12-4-3-11-8-16(11,9-20)13(7-12)10-2-5-14(17)15(18)6-10/h2,5-6,11-13,19-20H,3-4,7-9H2,1H3/t11-,12-,13+,16+/m0/s1. The van der Waals surface area contributed by atoms with Gasteiger partial charge in [-0.05, 0) is 62.3 Å². The number of benzene rings is 1. The van der Waals surface area contributed by atoms with Crippen molar-refractivity contribution < 1.29 is 5.11 Å². The number of rotatable bonds is 3. The Morgan fingerprint density at radius 3 is 2.75 bits per heavy atom. The average molecular weight is 314 g/mol. The van der Waals surface area contributed by atoms with Gasteiger partial charge in [0.25, 0.3) is 0 Å². The van der Waals surface area contributed by atoms with Crippen molar-refractivity contribution in [2.75, 3.05) is 13.7 Å². The number of fused-ring (bicyclic) bond motifs is 1. The summed E-state index contributed by atoms with van der Waals surface area (Å²) >= 11 is 12.2. The number of aliphatic hydroxyl groups is 1. The Kier molecular flexibility index (Phi) is 4.02. The van der Waals surface area contributed by atoms with Crippen LogP contribution in [-0.2, 0) is 0 Å². The monoisotopic (exact) mass is 313 g/mol. The normalized spacial score (nSPS) is 36.3. The Labute approximate surface area is 130 Å². The Morgan fingerprint density at radius 2 is 2.10 bits per heavy atom. The van der Waals surface area contributed by atoms with E-state index in [1.54, 1.807) is 0 Å². The molecule has 20 heavy (non-hydrogen) atoms. The SMILES string of the molecule is CN[C@H]1CC[C@H]2C[C@]2(CO)[C@@H](c2ccc(Cl)c(Cl)c2)C1. The highest BCUT2D eigenvalue weighted by Crippen LogP contribution is 2.65. The summed E-state index contributed by atoms with van der Waals surface area (Å²) in [5, 5.41) is 14.6. The molecule has 0 amide bonds. The number of aliphatic hydroxyl groups excluding tert-OH is 1. The van der Waals surface area contributed by atoms with Gasteiger partial charge in [-0.2, -0.15) is 0 Å². The molecule has 0 heterocycles. The van der Waals surface area contributed by atoms with Gasteiger partial charge in [0.05, 0.1) is 10.0 Å². The van der Waals surface area contributed by atoms with E-state index in [9.17, 15) is 5.11 Å². The van der Waals surface area contributed by atoms with Crippen molar-refractivity contribution >= 4 is 23.2 Å². The Bertz CT molecular complexity index is 507. The molecule has 2 aliphatic carbocycles. The number of halogens is 2. The molecule has 0 aromatic heterocycles. The number of hydrogen-bond acceptors (Lipinski definition) is 2. The highest BCUT2D eigenvalue weighted by Gasteiger charge is 2.59. The van der Waals surface area contributed by atoms with E-state index in [1.165, 1.54) is 18.4 Å². The fraction of sp³-hybridized carbons (Fsp3) is 0.625. The van der Waals surface area contributed by atoms with E-state index < -0.39 is 0 Å². The molecule has 1 aromatic rings. The van der Waals surface area contributed by atoms with E-state index >= 15 is 0 Å². The lowest BCUT2D eigenvalue weighted by Crippen LogP contribution is -2.29. The molecule has 0 unspecified atom stereocenters. The maximum atomic E-state index is 9.95. The predicted molar refractivity (Wildman–Crippen MR) is 83.5 cm³/mol. The molecule has 0 aliphatic heterocycles. The molecule has 0 radical (unpaired) electrons. The van der Waals surface area contributed by atoms with E-state index in [1.807, 2.05) is 19.2 Å². The molecule has 0 bridgehead atoms.